The Hall–Kier alpha value is -1.43. The van der Waals surface area contributed by atoms with Gasteiger partial charge in [-0.05, 0) is 0 Å². The average Bonchev–Trinajstić information content (AvgIpc) is 2.79. The van der Waals surface area contributed by atoms with E-state index >= 15 is 0 Å². The molecule has 5 nitrogen and oxygen atoms in total. The number of aromatic nitrogens is 1. The molecule has 2 rings (SSSR count). The minimum absolute atomic E-state index is 0.0114. The minimum Gasteiger partial charge on any atom is -0.355 e. The Morgan fingerprint density at radius 3 is 2.83 bits per heavy atom. The van der Waals surface area contributed by atoms with E-state index in [1.807, 2.05) is 13.8 Å². The number of thiazole rings is 1. The summed E-state index contributed by atoms with van der Waals surface area (Å²) in [7, 11) is 0. The molecule has 1 N–H and O–H groups in total. The van der Waals surface area contributed by atoms with E-state index in [0.717, 1.165) is 0 Å². The normalized spacial score (nSPS) is 15.6. The van der Waals surface area contributed by atoms with Gasteiger partial charge >= 0.3 is 0 Å². The van der Waals surface area contributed by atoms with Crippen LogP contribution in [-0.2, 0) is 4.79 Å². The average molecular weight is 267 g/mol. The molecule has 0 bridgehead atoms. The van der Waals surface area contributed by atoms with Crippen LogP contribution < -0.4 is 5.32 Å². The highest BCUT2D eigenvalue weighted by Gasteiger charge is 2.32. The first-order chi connectivity index (χ1) is 8.58. The van der Waals surface area contributed by atoms with Gasteiger partial charge < -0.3 is 10.2 Å². The van der Waals surface area contributed by atoms with Gasteiger partial charge in [-0.25, -0.2) is 4.98 Å². The third-order valence-electron chi connectivity index (χ3n) is 2.99. The SMILES string of the molecule is CC(C)C(=O)NCC1CN(C(=O)c2cscn2)C1. The lowest BCUT2D eigenvalue weighted by molar-refractivity contribution is -0.124. The van der Waals surface area contributed by atoms with Crippen LogP contribution in [0.5, 0.6) is 0 Å². The molecule has 0 saturated carbocycles. The highest BCUT2D eigenvalue weighted by molar-refractivity contribution is 7.07. The molecular formula is C12H17N3O2S. The van der Waals surface area contributed by atoms with Crippen molar-refractivity contribution in [1.82, 2.24) is 15.2 Å². The first kappa shape index (κ1) is 13.0. The molecule has 2 amide bonds. The first-order valence-electron chi connectivity index (χ1n) is 6.03. The summed E-state index contributed by atoms with van der Waals surface area (Å²) in [6.45, 7) is 5.80. The van der Waals surface area contributed by atoms with Gasteiger partial charge in [0.05, 0.1) is 5.51 Å². The summed E-state index contributed by atoms with van der Waals surface area (Å²) >= 11 is 1.42. The van der Waals surface area contributed by atoms with Crippen LogP contribution in [0.3, 0.4) is 0 Å². The summed E-state index contributed by atoms with van der Waals surface area (Å²) < 4.78 is 0. The van der Waals surface area contributed by atoms with Gasteiger partial charge in [-0.1, -0.05) is 13.8 Å². The van der Waals surface area contributed by atoms with Crippen LogP contribution in [0.15, 0.2) is 10.9 Å². The van der Waals surface area contributed by atoms with E-state index in [1.165, 1.54) is 11.3 Å². The number of carbonyl (C=O) groups is 2. The van der Waals surface area contributed by atoms with Crippen molar-refractivity contribution in [2.24, 2.45) is 11.8 Å². The van der Waals surface area contributed by atoms with Crippen molar-refractivity contribution >= 4 is 23.2 Å². The quantitative estimate of drug-likeness (QED) is 0.885. The smallest absolute Gasteiger partial charge is 0.273 e. The van der Waals surface area contributed by atoms with Crippen molar-refractivity contribution in [3.05, 3.63) is 16.6 Å². The van der Waals surface area contributed by atoms with E-state index in [-0.39, 0.29) is 17.7 Å². The summed E-state index contributed by atoms with van der Waals surface area (Å²) in [6.07, 6.45) is 0. The van der Waals surface area contributed by atoms with Gasteiger partial charge in [0.15, 0.2) is 0 Å². The third-order valence-corrected chi connectivity index (χ3v) is 3.57. The van der Waals surface area contributed by atoms with Gasteiger partial charge in [-0.15, -0.1) is 11.3 Å². The topological polar surface area (TPSA) is 62.3 Å². The van der Waals surface area contributed by atoms with Gasteiger partial charge in [-0.2, -0.15) is 0 Å². The second kappa shape index (κ2) is 5.48. The number of nitrogens with one attached hydrogen (secondary N) is 1. The summed E-state index contributed by atoms with van der Waals surface area (Å²) in [4.78, 5) is 29.0. The molecule has 1 aliphatic rings. The highest BCUT2D eigenvalue weighted by atomic mass is 32.1. The van der Waals surface area contributed by atoms with Crippen LogP contribution in [0.1, 0.15) is 24.3 Å². The van der Waals surface area contributed by atoms with Crippen molar-refractivity contribution in [1.29, 1.82) is 0 Å². The first-order valence-corrected chi connectivity index (χ1v) is 6.97. The van der Waals surface area contributed by atoms with Crippen LogP contribution in [0.2, 0.25) is 0 Å². The van der Waals surface area contributed by atoms with Gasteiger partial charge in [0.25, 0.3) is 5.91 Å². The van der Waals surface area contributed by atoms with Crippen LogP contribution in [0.25, 0.3) is 0 Å². The lowest BCUT2D eigenvalue weighted by Crippen LogP contribution is -2.54. The molecule has 1 aromatic heterocycles. The number of hydrogen-bond donors (Lipinski definition) is 1. The molecule has 6 heteroatoms. The second-order valence-electron chi connectivity index (χ2n) is 4.85. The molecule has 1 fully saturated rings. The molecule has 98 valence electrons. The van der Waals surface area contributed by atoms with Crippen molar-refractivity contribution in [2.45, 2.75) is 13.8 Å². The van der Waals surface area contributed by atoms with E-state index in [9.17, 15) is 9.59 Å². The molecule has 0 radical (unpaired) electrons. The van der Waals surface area contributed by atoms with Crippen molar-refractivity contribution in [3.63, 3.8) is 0 Å². The highest BCUT2D eigenvalue weighted by Crippen LogP contribution is 2.18. The molecular weight excluding hydrogens is 250 g/mol. The predicted molar refractivity (Wildman–Crippen MR) is 69.4 cm³/mol. The molecule has 0 aromatic carbocycles. The third kappa shape index (κ3) is 2.87. The maximum atomic E-state index is 11.9. The van der Waals surface area contributed by atoms with Crippen LogP contribution >= 0.6 is 11.3 Å². The molecule has 0 aliphatic carbocycles. The van der Waals surface area contributed by atoms with E-state index in [0.29, 0.717) is 31.2 Å². The lowest BCUT2D eigenvalue weighted by Gasteiger charge is -2.39. The maximum Gasteiger partial charge on any atom is 0.273 e. The van der Waals surface area contributed by atoms with E-state index in [4.69, 9.17) is 0 Å². The monoisotopic (exact) mass is 267 g/mol. The lowest BCUT2D eigenvalue weighted by atomic mass is 9.99. The zero-order valence-corrected chi connectivity index (χ0v) is 11.4. The standard InChI is InChI=1S/C12H17N3O2S/c1-8(2)11(16)13-3-9-4-15(5-9)12(17)10-6-18-7-14-10/h6-9H,3-5H2,1-2H3,(H,13,16). The van der Waals surface area contributed by atoms with Crippen molar-refractivity contribution in [2.75, 3.05) is 19.6 Å². The van der Waals surface area contributed by atoms with Crippen LogP contribution in [0.4, 0.5) is 0 Å². The number of nitrogens with zero attached hydrogens (tertiary/aromatic N) is 2. The minimum atomic E-state index is -0.0114. The summed E-state index contributed by atoms with van der Waals surface area (Å²) in [5.74, 6) is 0.440. The fourth-order valence-electron chi connectivity index (χ4n) is 1.79. The Labute approximate surface area is 110 Å². The molecule has 18 heavy (non-hydrogen) atoms. The Bertz CT molecular complexity index is 425. The van der Waals surface area contributed by atoms with Crippen molar-refractivity contribution < 1.29 is 9.59 Å². The Morgan fingerprint density at radius 1 is 1.56 bits per heavy atom. The number of carbonyl (C=O) groups excluding carboxylic acids is 2. The van der Waals surface area contributed by atoms with Crippen LogP contribution in [0, 0.1) is 11.8 Å². The predicted octanol–water partition coefficient (Wildman–Crippen LogP) is 0.987. The maximum absolute atomic E-state index is 11.9. The summed E-state index contributed by atoms with van der Waals surface area (Å²) in [6, 6.07) is 0. The Morgan fingerprint density at radius 2 is 2.28 bits per heavy atom. The van der Waals surface area contributed by atoms with E-state index in [1.54, 1.807) is 15.8 Å². The zero-order chi connectivity index (χ0) is 13.1. The Kier molecular flexibility index (Phi) is 3.96. The van der Waals surface area contributed by atoms with Gasteiger partial charge in [0, 0.05) is 36.9 Å². The zero-order valence-electron chi connectivity index (χ0n) is 10.5. The number of rotatable bonds is 4. The second-order valence-corrected chi connectivity index (χ2v) is 5.57. The number of amides is 2. The van der Waals surface area contributed by atoms with Gasteiger partial charge in [0.2, 0.25) is 5.91 Å². The largest absolute Gasteiger partial charge is 0.355 e. The molecule has 2 heterocycles. The number of likely N-dealkylation sites (tertiary alicyclic amines) is 1. The molecule has 1 saturated heterocycles. The summed E-state index contributed by atoms with van der Waals surface area (Å²) in [5, 5.41) is 4.65. The van der Waals surface area contributed by atoms with Gasteiger partial charge in [-0.3, -0.25) is 9.59 Å². The molecule has 0 atom stereocenters. The van der Waals surface area contributed by atoms with Gasteiger partial charge in [0.1, 0.15) is 5.69 Å². The summed E-state index contributed by atoms with van der Waals surface area (Å²) in [5.41, 5.74) is 2.18. The van der Waals surface area contributed by atoms with E-state index < -0.39 is 0 Å². The van der Waals surface area contributed by atoms with Crippen LogP contribution in [-0.4, -0.2) is 41.3 Å². The van der Waals surface area contributed by atoms with Crippen molar-refractivity contribution in [3.8, 4) is 0 Å². The molecule has 0 unspecified atom stereocenters. The van der Waals surface area contributed by atoms with E-state index in [2.05, 4.69) is 10.3 Å². The number of hydrogen-bond acceptors (Lipinski definition) is 4. The molecule has 0 spiro atoms. The fraction of sp³-hybridized carbons (Fsp3) is 0.583. The molecule has 1 aromatic rings. The molecule has 1 aliphatic heterocycles. The fourth-order valence-corrected chi connectivity index (χ4v) is 2.32. The Balaban J connectivity index is 1.71.